The van der Waals surface area contributed by atoms with Gasteiger partial charge in [-0.25, -0.2) is 0 Å². The quantitative estimate of drug-likeness (QED) is 0.703. The number of rotatable bonds is 2. The number of hydrogen-bond acceptors (Lipinski definition) is 6. The molecule has 18 heavy (non-hydrogen) atoms. The van der Waals surface area contributed by atoms with Crippen molar-refractivity contribution in [2.75, 3.05) is 20.2 Å². The average molecular weight is 253 g/mol. The third-order valence-electron chi connectivity index (χ3n) is 3.12. The van der Waals surface area contributed by atoms with E-state index in [2.05, 4.69) is 10.1 Å². The molecule has 0 N–H and O–H groups in total. The van der Waals surface area contributed by atoms with Gasteiger partial charge in [0.1, 0.15) is 0 Å². The lowest BCUT2D eigenvalue weighted by Gasteiger charge is -2.13. The Balaban J connectivity index is 2.08. The highest BCUT2D eigenvalue weighted by molar-refractivity contribution is 5.91. The standard InChI is InChI=1S/C11H15N3O4/c1-6-4-14(5-8(6)11(16)17-3)10(15)9-12-7(2)18-13-9/h6,8H,4-5H2,1-3H3. The largest absolute Gasteiger partial charge is 0.469 e. The van der Waals surface area contributed by atoms with Crippen LogP contribution in [0.5, 0.6) is 0 Å². The Morgan fingerprint density at radius 1 is 1.44 bits per heavy atom. The number of likely N-dealkylation sites (tertiary alicyclic amines) is 1. The van der Waals surface area contributed by atoms with Gasteiger partial charge in [-0.1, -0.05) is 12.1 Å². The van der Waals surface area contributed by atoms with Crippen molar-refractivity contribution in [1.29, 1.82) is 0 Å². The number of methoxy groups -OCH3 is 1. The van der Waals surface area contributed by atoms with Gasteiger partial charge in [0, 0.05) is 20.0 Å². The molecule has 1 amide bonds. The van der Waals surface area contributed by atoms with Gasteiger partial charge in [0.15, 0.2) is 0 Å². The van der Waals surface area contributed by atoms with Crippen molar-refractivity contribution in [2.45, 2.75) is 13.8 Å². The van der Waals surface area contributed by atoms with Gasteiger partial charge >= 0.3 is 5.97 Å². The molecule has 2 rings (SSSR count). The highest BCUT2D eigenvalue weighted by Crippen LogP contribution is 2.25. The van der Waals surface area contributed by atoms with Crippen molar-refractivity contribution in [3.63, 3.8) is 0 Å². The van der Waals surface area contributed by atoms with Crippen molar-refractivity contribution in [1.82, 2.24) is 15.0 Å². The molecule has 1 aliphatic heterocycles. The van der Waals surface area contributed by atoms with Crippen LogP contribution >= 0.6 is 0 Å². The average Bonchev–Trinajstić information content (AvgIpc) is 2.94. The van der Waals surface area contributed by atoms with E-state index in [-0.39, 0.29) is 29.5 Å². The minimum Gasteiger partial charge on any atom is -0.469 e. The number of nitrogens with zero attached hydrogens (tertiary/aromatic N) is 3. The molecule has 7 nitrogen and oxygen atoms in total. The maximum absolute atomic E-state index is 12.1. The third-order valence-corrected chi connectivity index (χ3v) is 3.12. The molecule has 1 saturated heterocycles. The molecule has 2 atom stereocenters. The van der Waals surface area contributed by atoms with E-state index in [1.165, 1.54) is 7.11 Å². The van der Waals surface area contributed by atoms with Crippen LogP contribution in [0.4, 0.5) is 0 Å². The first-order chi connectivity index (χ1) is 8.52. The van der Waals surface area contributed by atoms with Crippen LogP contribution in [0.15, 0.2) is 4.52 Å². The lowest BCUT2D eigenvalue weighted by Crippen LogP contribution is -2.31. The van der Waals surface area contributed by atoms with Crippen LogP contribution in [0.25, 0.3) is 0 Å². The Kier molecular flexibility index (Phi) is 3.31. The lowest BCUT2D eigenvalue weighted by molar-refractivity contribution is -0.146. The Labute approximate surface area is 104 Å². The predicted molar refractivity (Wildman–Crippen MR) is 59.6 cm³/mol. The van der Waals surface area contributed by atoms with Crippen LogP contribution in [0.3, 0.4) is 0 Å². The molecule has 0 saturated carbocycles. The summed E-state index contributed by atoms with van der Waals surface area (Å²) in [6.07, 6.45) is 0. The van der Waals surface area contributed by atoms with Crippen LogP contribution in [-0.2, 0) is 9.53 Å². The zero-order valence-corrected chi connectivity index (χ0v) is 10.5. The van der Waals surface area contributed by atoms with Crippen molar-refractivity contribution in [2.24, 2.45) is 11.8 Å². The zero-order valence-electron chi connectivity index (χ0n) is 10.5. The summed E-state index contributed by atoms with van der Waals surface area (Å²) in [5.41, 5.74) is 0. The van der Waals surface area contributed by atoms with E-state index < -0.39 is 0 Å². The maximum atomic E-state index is 12.1. The second-order valence-corrected chi connectivity index (χ2v) is 4.45. The minimum absolute atomic E-state index is 0.0326. The van der Waals surface area contributed by atoms with Gasteiger partial charge in [-0.3, -0.25) is 9.59 Å². The number of hydrogen-bond donors (Lipinski definition) is 0. The van der Waals surface area contributed by atoms with Crippen LogP contribution < -0.4 is 0 Å². The number of carbonyl (C=O) groups excluding carboxylic acids is 2. The first kappa shape index (κ1) is 12.5. The summed E-state index contributed by atoms with van der Waals surface area (Å²) in [5, 5.41) is 3.58. The molecule has 98 valence electrons. The topological polar surface area (TPSA) is 85.5 Å². The maximum Gasteiger partial charge on any atom is 0.310 e. The molecule has 1 aromatic rings. The summed E-state index contributed by atoms with van der Waals surface area (Å²) >= 11 is 0. The normalized spacial score (nSPS) is 23.2. The highest BCUT2D eigenvalue weighted by Gasteiger charge is 2.38. The third kappa shape index (κ3) is 2.20. The van der Waals surface area contributed by atoms with Crippen molar-refractivity contribution in [3.8, 4) is 0 Å². The molecule has 0 spiro atoms. The van der Waals surface area contributed by atoms with E-state index in [4.69, 9.17) is 9.26 Å². The summed E-state index contributed by atoms with van der Waals surface area (Å²) < 4.78 is 9.48. The van der Waals surface area contributed by atoms with Crippen LogP contribution in [-0.4, -0.2) is 47.1 Å². The van der Waals surface area contributed by atoms with Crippen LogP contribution in [0, 0.1) is 18.8 Å². The SMILES string of the molecule is COC(=O)C1CN(C(=O)c2noc(C)n2)CC1C. The molecular formula is C11H15N3O4. The summed E-state index contributed by atoms with van der Waals surface area (Å²) in [4.78, 5) is 29.0. The molecular weight excluding hydrogens is 238 g/mol. The fraction of sp³-hybridized carbons (Fsp3) is 0.636. The molecule has 2 heterocycles. The van der Waals surface area contributed by atoms with Crippen molar-refractivity contribution < 1.29 is 18.8 Å². The van der Waals surface area contributed by atoms with Gasteiger partial charge in [-0.15, -0.1) is 0 Å². The van der Waals surface area contributed by atoms with Crippen molar-refractivity contribution >= 4 is 11.9 Å². The molecule has 1 aliphatic rings. The summed E-state index contributed by atoms with van der Waals surface area (Å²) in [7, 11) is 1.35. The molecule has 0 radical (unpaired) electrons. The molecule has 2 unspecified atom stereocenters. The summed E-state index contributed by atoms with van der Waals surface area (Å²) in [6.45, 7) is 4.36. The number of amides is 1. The van der Waals surface area contributed by atoms with Crippen LogP contribution in [0.2, 0.25) is 0 Å². The Morgan fingerprint density at radius 2 is 2.17 bits per heavy atom. The van der Waals surface area contributed by atoms with Crippen molar-refractivity contribution in [3.05, 3.63) is 11.7 Å². The Morgan fingerprint density at radius 3 is 2.72 bits per heavy atom. The smallest absolute Gasteiger partial charge is 0.310 e. The number of esters is 1. The van der Waals surface area contributed by atoms with Gasteiger partial charge in [0.25, 0.3) is 11.7 Å². The molecule has 1 fully saturated rings. The van der Waals surface area contributed by atoms with E-state index in [0.717, 1.165) is 0 Å². The van der Waals surface area contributed by atoms with Gasteiger partial charge in [-0.05, 0) is 5.92 Å². The van der Waals surface area contributed by atoms with E-state index in [1.807, 2.05) is 6.92 Å². The number of carbonyl (C=O) groups is 2. The fourth-order valence-corrected chi connectivity index (χ4v) is 2.12. The van der Waals surface area contributed by atoms with Gasteiger partial charge < -0.3 is 14.2 Å². The molecule has 0 aliphatic carbocycles. The first-order valence-corrected chi connectivity index (χ1v) is 5.70. The molecule has 0 aromatic carbocycles. The minimum atomic E-state index is -0.315. The Hall–Kier alpha value is -1.92. The highest BCUT2D eigenvalue weighted by atomic mass is 16.5. The number of ether oxygens (including phenoxy) is 1. The van der Waals surface area contributed by atoms with Gasteiger partial charge in [-0.2, -0.15) is 4.98 Å². The molecule has 1 aromatic heterocycles. The van der Waals surface area contributed by atoms with E-state index in [0.29, 0.717) is 19.0 Å². The second kappa shape index (κ2) is 4.75. The van der Waals surface area contributed by atoms with E-state index in [9.17, 15) is 9.59 Å². The molecule has 0 bridgehead atoms. The van der Waals surface area contributed by atoms with E-state index >= 15 is 0 Å². The second-order valence-electron chi connectivity index (χ2n) is 4.45. The number of aryl methyl sites for hydroxylation is 1. The molecule has 7 heteroatoms. The number of aromatic nitrogens is 2. The van der Waals surface area contributed by atoms with Gasteiger partial charge in [0.2, 0.25) is 5.89 Å². The lowest BCUT2D eigenvalue weighted by atomic mass is 9.99. The predicted octanol–water partition coefficient (Wildman–Crippen LogP) is 0.259. The zero-order chi connectivity index (χ0) is 13.3. The van der Waals surface area contributed by atoms with Crippen LogP contribution in [0.1, 0.15) is 23.4 Å². The Bertz CT molecular complexity index is 471. The van der Waals surface area contributed by atoms with Gasteiger partial charge in [0.05, 0.1) is 13.0 Å². The van der Waals surface area contributed by atoms with E-state index in [1.54, 1.807) is 11.8 Å². The summed E-state index contributed by atoms with van der Waals surface area (Å²) in [5.74, 6) is -0.450. The summed E-state index contributed by atoms with van der Waals surface area (Å²) in [6, 6.07) is 0. The fourth-order valence-electron chi connectivity index (χ4n) is 2.12. The first-order valence-electron chi connectivity index (χ1n) is 5.70. The monoisotopic (exact) mass is 253 g/mol.